The van der Waals surface area contributed by atoms with Crippen LogP contribution in [0.15, 0.2) is 34.9 Å². The highest BCUT2D eigenvalue weighted by Gasteiger charge is 2.13. The fraction of sp³-hybridized carbons (Fsp3) is 0.286. The molecule has 1 saturated heterocycles. The summed E-state index contributed by atoms with van der Waals surface area (Å²) in [6.45, 7) is 2.90. The molecule has 1 aromatic heterocycles. The summed E-state index contributed by atoms with van der Waals surface area (Å²) in [6.07, 6.45) is 2.57. The Morgan fingerprint density at radius 3 is 2.79 bits per heavy atom. The van der Waals surface area contributed by atoms with Crippen LogP contribution in [0.3, 0.4) is 0 Å². The summed E-state index contributed by atoms with van der Waals surface area (Å²) in [6, 6.07) is 7.47. The first-order valence-electron chi connectivity index (χ1n) is 6.21. The molecule has 1 aromatic carbocycles. The zero-order chi connectivity index (χ0) is 13.1. The molecule has 0 unspecified atom stereocenters. The van der Waals surface area contributed by atoms with Crippen LogP contribution < -0.4 is 0 Å². The molecule has 1 aliphatic heterocycles. The van der Waals surface area contributed by atoms with E-state index in [1.807, 2.05) is 29.2 Å². The van der Waals surface area contributed by atoms with Crippen LogP contribution in [0.5, 0.6) is 0 Å². The molecule has 0 radical (unpaired) electrons. The molecule has 1 fully saturated rings. The second kappa shape index (κ2) is 5.24. The van der Waals surface area contributed by atoms with E-state index < -0.39 is 0 Å². The van der Waals surface area contributed by atoms with Crippen molar-refractivity contribution < 1.29 is 13.9 Å². The number of aromatic nitrogens is 1. The summed E-state index contributed by atoms with van der Waals surface area (Å²) in [7, 11) is 0. The highest BCUT2D eigenvalue weighted by atomic mass is 16.5. The van der Waals surface area contributed by atoms with Gasteiger partial charge in [0.15, 0.2) is 11.9 Å². The van der Waals surface area contributed by atoms with Gasteiger partial charge in [-0.1, -0.05) is 12.1 Å². The molecule has 0 aliphatic carbocycles. The Bertz CT molecular complexity index is 579. The third kappa shape index (κ3) is 2.51. The van der Waals surface area contributed by atoms with Crippen molar-refractivity contribution in [3.63, 3.8) is 0 Å². The average Bonchev–Trinajstić information content (AvgIpc) is 2.89. The third-order valence-corrected chi connectivity index (χ3v) is 3.04. The third-order valence-electron chi connectivity index (χ3n) is 3.04. The van der Waals surface area contributed by atoms with Crippen LogP contribution in [-0.2, 0) is 9.53 Å². The van der Waals surface area contributed by atoms with E-state index in [4.69, 9.17) is 9.15 Å². The zero-order valence-corrected chi connectivity index (χ0v) is 10.4. The van der Waals surface area contributed by atoms with Gasteiger partial charge < -0.3 is 14.1 Å². The minimum absolute atomic E-state index is 0.364. The predicted octanol–water partition coefficient (Wildman–Crippen LogP) is 1.70. The first-order valence-corrected chi connectivity index (χ1v) is 6.21. The molecular formula is C14H14N2O3. The van der Waals surface area contributed by atoms with Gasteiger partial charge in [-0.15, -0.1) is 0 Å². The second-order valence-corrected chi connectivity index (χ2v) is 4.34. The summed E-state index contributed by atoms with van der Waals surface area (Å²) in [5, 5.41) is 0. The van der Waals surface area contributed by atoms with Gasteiger partial charge in [0.05, 0.1) is 18.8 Å². The molecule has 2 heterocycles. The lowest BCUT2D eigenvalue weighted by atomic mass is 10.3. The second-order valence-electron chi connectivity index (χ2n) is 4.34. The SMILES string of the molecule is O=C/C(=C/N1CCOCC1)c1nc2ccccc2o1. The monoisotopic (exact) mass is 258 g/mol. The number of morpholine rings is 1. The molecule has 0 amide bonds. The molecule has 19 heavy (non-hydrogen) atoms. The molecule has 0 bridgehead atoms. The number of aldehydes is 1. The van der Waals surface area contributed by atoms with Crippen LogP contribution in [0, 0.1) is 0 Å². The van der Waals surface area contributed by atoms with E-state index in [0.717, 1.165) is 24.9 Å². The topological polar surface area (TPSA) is 55.6 Å². The average molecular weight is 258 g/mol. The fourth-order valence-corrected chi connectivity index (χ4v) is 2.04. The van der Waals surface area contributed by atoms with Gasteiger partial charge in [0.2, 0.25) is 5.89 Å². The number of ether oxygens (including phenoxy) is 1. The highest BCUT2D eigenvalue weighted by molar-refractivity contribution is 6.05. The summed E-state index contributed by atoms with van der Waals surface area (Å²) >= 11 is 0. The van der Waals surface area contributed by atoms with Crippen molar-refractivity contribution in [3.05, 3.63) is 36.4 Å². The van der Waals surface area contributed by atoms with Crippen LogP contribution in [-0.4, -0.2) is 42.5 Å². The Morgan fingerprint density at radius 2 is 2.05 bits per heavy atom. The number of rotatable bonds is 3. The molecule has 1 aliphatic rings. The van der Waals surface area contributed by atoms with Crippen molar-refractivity contribution in [1.29, 1.82) is 0 Å². The van der Waals surface area contributed by atoms with Crippen molar-refractivity contribution in [2.75, 3.05) is 26.3 Å². The normalized spacial score (nSPS) is 16.8. The van der Waals surface area contributed by atoms with E-state index in [9.17, 15) is 4.79 Å². The minimum Gasteiger partial charge on any atom is -0.436 e. The Kier molecular flexibility index (Phi) is 3.29. The molecule has 3 rings (SSSR count). The van der Waals surface area contributed by atoms with Gasteiger partial charge >= 0.3 is 0 Å². The number of hydrogen-bond acceptors (Lipinski definition) is 5. The van der Waals surface area contributed by atoms with Crippen LogP contribution in [0.2, 0.25) is 0 Å². The molecule has 0 saturated carbocycles. The molecule has 98 valence electrons. The van der Waals surface area contributed by atoms with Gasteiger partial charge in [0, 0.05) is 19.3 Å². The molecule has 0 atom stereocenters. The quantitative estimate of drug-likeness (QED) is 0.619. The van der Waals surface area contributed by atoms with E-state index in [-0.39, 0.29) is 0 Å². The first-order chi connectivity index (χ1) is 9.36. The van der Waals surface area contributed by atoms with Gasteiger partial charge in [-0.25, -0.2) is 4.98 Å². The molecule has 5 nitrogen and oxygen atoms in total. The number of carbonyl (C=O) groups excluding carboxylic acids is 1. The van der Waals surface area contributed by atoms with E-state index in [0.29, 0.717) is 30.3 Å². The van der Waals surface area contributed by atoms with Crippen molar-refractivity contribution >= 4 is 23.0 Å². The lowest BCUT2D eigenvalue weighted by Gasteiger charge is -2.25. The molecule has 5 heteroatoms. The number of nitrogens with zero attached hydrogens (tertiary/aromatic N) is 2. The van der Waals surface area contributed by atoms with Crippen LogP contribution in [0.4, 0.5) is 0 Å². The Balaban J connectivity index is 1.92. The summed E-state index contributed by atoms with van der Waals surface area (Å²) in [5.74, 6) is 0.364. The van der Waals surface area contributed by atoms with Gasteiger partial charge in [-0.2, -0.15) is 0 Å². The minimum atomic E-state index is 0.364. The lowest BCUT2D eigenvalue weighted by Crippen LogP contribution is -2.32. The van der Waals surface area contributed by atoms with Gasteiger partial charge in [-0.05, 0) is 12.1 Å². The number of oxazole rings is 1. The standard InChI is InChI=1S/C14H14N2O3/c17-10-11(9-16-5-7-18-8-6-16)14-15-12-3-1-2-4-13(12)19-14/h1-4,9-10H,5-8H2/b11-9-. The molecule has 2 aromatic rings. The summed E-state index contributed by atoms with van der Waals surface area (Å²) < 4.78 is 10.9. The van der Waals surface area contributed by atoms with E-state index in [1.54, 1.807) is 6.20 Å². The van der Waals surface area contributed by atoms with Crippen LogP contribution in [0.1, 0.15) is 5.89 Å². The maximum absolute atomic E-state index is 11.2. The Hall–Kier alpha value is -2.14. The fourth-order valence-electron chi connectivity index (χ4n) is 2.04. The number of fused-ring (bicyclic) bond motifs is 1. The molecule has 0 N–H and O–H groups in total. The highest BCUT2D eigenvalue weighted by Crippen LogP contribution is 2.20. The Labute approximate surface area is 110 Å². The first kappa shape index (κ1) is 11.9. The number of allylic oxidation sites excluding steroid dienone is 1. The van der Waals surface area contributed by atoms with Crippen LogP contribution in [0.25, 0.3) is 16.7 Å². The Morgan fingerprint density at radius 1 is 1.26 bits per heavy atom. The largest absolute Gasteiger partial charge is 0.436 e. The maximum Gasteiger partial charge on any atom is 0.232 e. The van der Waals surface area contributed by atoms with E-state index >= 15 is 0 Å². The smallest absolute Gasteiger partial charge is 0.232 e. The molecule has 0 spiro atoms. The number of carbonyl (C=O) groups is 1. The number of para-hydroxylation sites is 2. The summed E-state index contributed by atoms with van der Waals surface area (Å²) in [5.41, 5.74) is 1.90. The van der Waals surface area contributed by atoms with Crippen LogP contribution >= 0.6 is 0 Å². The van der Waals surface area contributed by atoms with Gasteiger partial charge in [-0.3, -0.25) is 4.79 Å². The zero-order valence-electron chi connectivity index (χ0n) is 10.4. The van der Waals surface area contributed by atoms with Gasteiger partial charge in [0.25, 0.3) is 0 Å². The number of benzene rings is 1. The van der Waals surface area contributed by atoms with Crippen molar-refractivity contribution in [3.8, 4) is 0 Å². The predicted molar refractivity (Wildman–Crippen MR) is 70.4 cm³/mol. The van der Waals surface area contributed by atoms with Crippen molar-refractivity contribution in [1.82, 2.24) is 9.88 Å². The lowest BCUT2D eigenvalue weighted by molar-refractivity contribution is -0.103. The van der Waals surface area contributed by atoms with Crippen molar-refractivity contribution in [2.24, 2.45) is 0 Å². The van der Waals surface area contributed by atoms with Gasteiger partial charge in [0.1, 0.15) is 5.52 Å². The van der Waals surface area contributed by atoms with E-state index in [1.165, 1.54) is 0 Å². The van der Waals surface area contributed by atoms with E-state index in [2.05, 4.69) is 4.98 Å². The summed E-state index contributed by atoms with van der Waals surface area (Å²) in [4.78, 5) is 17.6. The number of hydrogen-bond donors (Lipinski definition) is 0. The van der Waals surface area contributed by atoms with Crippen molar-refractivity contribution in [2.45, 2.75) is 0 Å². The maximum atomic E-state index is 11.2. The molecular weight excluding hydrogens is 244 g/mol.